The van der Waals surface area contributed by atoms with Crippen LogP contribution in [-0.4, -0.2) is 8.42 Å². The molecule has 9 heteroatoms. The zero-order valence-corrected chi connectivity index (χ0v) is 17.4. The number of anilines is 2. The Morgan fingerprint density at radius 3 is 2.10 bits per heavy atom. The van der Waals surface area contributed by atoms with Gasteiger partial charge in [0, 0.05) is 17.9 Å². The van der Waals surface area contributed by atoms with Crippen LogP contribution in [-0.2, 0) is 10.0 Å². The minimum atomic E-state index is -3.81. The molecule has 0 aliphatic carbocycles. The van der Waals surface area contributed by atoms with Gasteiger partial charge in [0.25, 0.3) is 10.0 Å². The van der Waals surface area contributed by atoms with Gasteiger partial charge >= 0.3 is 0 Å². The van der Waals surface area contributed by atoms with E-state index in [4.69, 9.17) is 5.73 Å². The van der Waals surface area contributed by atoms with Gasteiger partial charge in [-0.15, -0.1) is 0 Å². The summed E-state index contributed by atoms with van der Waals surface area (Å²) < 4.78 is 30.1. The molecular weight excluding hydrogens is 556 g/mol. The lowest BCUT2D eigenvalue weighted by atomic mass is 10.3. The van der Waals surface area contributed by atoms with E-state index in [9.17, 15) is 8.42 Å². The highest BCUT2D eigenvalue weighted by molar-refractivity contribution is 9.11. The van der Waals surface area contributed by atoms with E-state index >= 15 is 0 Å². The number of nitrogen functional groups attached to an aromatic ring is 1. The van der Waals surface area contributed by atoms with Crippen molar-refractivity contribution in [3.63, 3.8) is 0 Å². The van der Waals surface area contributed by atoms with Gasteiger partial charge < -0.3 is 5.73 Å². The van der Waals surface area contributed by atoms with Gasteiger partial charge in [0.05, 0.1) is 11.4 Å². The molecule has 0 aliphatic heterocycles. The Morgan fingerprint density at radius 1 is 0.905 bits per heavy atom. The van der Waals surface area contributed by atoms with E-state index in [-0.39, 0.29) is 10.6 Å². The van der Waals surface area contributed by atoms with Gasteiger partial charge in [-0.3, -0.25) is 4.72 Å². The van der Waals surface area contributed by atoms with Gasteiger partial charge in [0.1, 0.15) is 4.90 Å². The van der Waals surface area contributed by atoms with Crippen LogP contribution in [0, 0.1) is 0 Å². The summed E-state index contributed by atoms with van der Waals surface area (Å²) in [4.78, 5) is 0.000480. The normalized spacial score (nSPS) is 11.4. The topological polar surface area (TPSA) is 72.2 Å². The third kappa shape index (κ3) is 4.01. The zero-order valence-electron chi connectivity index (χ0n) is 10.2. The molecule has 2 aromatic rings. The maximum absolute atomic E-state index is 12.5. The van der Waals surface area contributed by atoms with Crippen molar-refractivity contribution in [1.29, 1.82) is 0 Å². The van der Waals surface area contributed by atoms with Gasteiger partial charge in [-0.05, 0) is 62.2 Å². The summed E-state index contributed by atoms with van der Waals surface area (Å²) in [5.74, 6) is 0. The maximum atomic E-state index is 12.5. The first-order valence-corrected chi connectivity index (χ1v) is 10.1. The Balaban J connectivity index is 2.48. The van der Waals surface area contributed by atoms with E-state index in [1.165, 1.54) is 6.07 Å². The van der Waals surface area contributed by atoms with E-state index < -0.39 is 10.0 Å². The highest BCUT2D eigenvalue weighted by atomic mass is 79.9. The molecule has 0 heterocycles. The monoisotopic (exact) mass is 560 g/mol. The van der Waals surface area contributed by atoms with Crippen LogP contribution in [0.15, 0.2) is 53.1 Å². The van der Waals surface area contributed by atoms with Crippen molar-refractivity contribution in [2.75, 3.05) is 10.5 Å². The van der Waals surface area contributed by atoms with Gasteiger partial charge in [0.15, 0.2) is 0 Å². The zero-order chi connectivity index (χ0) is 15.8. The third-order valence-electron chi connectivity index (χ3n) is 2.48. The van der Waals surface area contributed by atoms with E-state index in [0.717, 1.165) is 4.47 Å². The third-order valence-corrected chi connectivity index (χ3v) is 6.46. The van der Waals surface area contributed by atoms with Gasteiger partial charge in [-0.1, -0.05) is 31.9 Å². The first-order valence-electron chi connectivity index (χ1n) is 5.43. The van der Waals surface area contributed by atoms with Crippen molar-refractivity contribution in [3.05, 3.63) is 48.2 Å². The van der Waals surface area contributed by atoms with Crippen LogP contribution in [0.2, 0.25) is 0 Å². The first-order chi connectivity index (χ1) is 9.70. The largest absolute Gasteiger partial charge is 0.398 e. The average Bonchev–Trinajstić information content (AvgIpc) is 2.30. The smallest absolute Gasteiger partial charge is 0.265 e. The van der Waals surface area contributed by atoms with Crippen LogP contribution in [0.25, 0.3) is 0 Å². The van der Waals surface area contributed by atoms with Crippen molar-refractivity contribution in [1.82, 2.24) is 0 Å². The Morgan fingerprint density at radius 2 is 1.52 bits per heavy atom. The fourth-order valence-corrected chi connectivity index (χ4v) is 6.06. The van der Waals surface area contributed by atoms with Crippen LogP contribution in [0.1, 0.15) is 0 Å². The molecule has 3 N–H and O–H groups in total. The second-order valence-electron chi connectivity index (χ2n) is 4.04. The Hall–Kier alpha value is -0.0900. The Bertz CT molecular complexity index is 786. The van der Waals surface area contributed by atoms with Crippen molar-refractivity contribution >= 4 is 85.1 Å². The predicted octanol–water partition coefficient (Wildman–Crippen LogP) is 5.12. The summed E-state index contributed by atoms with van der Waals surface area (Å²) in [5.41, 5.74) is 6.40. The predicted molar refractivity (Wildman–Crippen MR) is 98.9 cm³/mol. The molecule has 0 unspecified atom stereocenters. The number of hydrogen-bond acceptors (Lipinski definition) is 3. The lowest BCUT2D eigenvalue weighted by Gasteiger charge is -2.13. The molecule has 0 saturated heterocycles. The van der Waals surface area contributed by atoms with Crippen LogP contribution in [0.5, 0.6) is 0 Å². The summed E-state index contributed by atoms with van der Waals surface area (Å²) >= 11 is 13.1. The van der Waals surface area contributed by atoms with Crippen molar-refractivity contribution in [2.24, 2.45) is 0 Å². The van der Waals surface area contributed by atoms with Crippen LogP contribution < -0.4 is 10.5 Å². The van der Waals surface area contributed by atoms with Crippen molar-refractivity contribution < 1.29 is 8.42 Å². The lowest BCUT2D eigenvalue weighted by Crippen LogP contribution is -2.16. The van der Waals surface area contributed by atoms with Crippen LogP contribution >= 0.6 is 63.7 Å². The molecule has 0 radical (unpaired) electrons. The minimum absolute atomic E-state index is 0.000480. The molecule has 0 fully saturated rings. The second kappa shape index (κ2) is 6.57. The number of nitrogens with two attached hydrogens (primary N) is 1. The quantitative estimate of drug-likeness (QED) is 0.509. The van der Waals surface area contributed by atoms with Crippen LogP contribution in [0.4, 0.5) is 11.4 Å². The molecule has 21 heavy (non-hydrogen) atoms. The standard InChI is InChI=1S/C12H8Br4N2O2S/c13-6-1-2-11(8(15)3-6)18-21(19,20)12-9(16)4-7(14)5-10(12)17/h1-5,18H,17H2. The SMILES string of the molecule is Nc1cc(Br)cc(Br)c1S(=O)(=O)Nc1ccc(Br)cc1Br. The highest BCUT2D eigenvalue weighted by Crippen LogP contribution is 2.34. The van der Waals surface area contributed by atoms with Crippen molar-refractivity contribution in [2.45, 2.75) is 4.90 Å². The summed E-state index contributed by atoms with van der Waals surface area (Å²) in [6, 6.07) is 8.30. The molecule has 0 saturated carbocycles. The molecule has 0 bridgehead atoms. The van der Waals surface area contributed by atoms with Gasteiger partial charge in [0.2, 0.25) is 0 Å². The molecule has 4 nitrogen and oxygen atoms in total. The molecule has 0 aromatic heterocycles. The molecule has 0 amide bonds. The lowest BCUT2D eigenvalue weighted by molar-refractivity contribution is 0.601. The van der Waals surface area contributed by atoms with E-state index in [1.54, 1.807) is 24.3 Å². The Kier molecular flexibility index (Phi) is 5.40. The van der Waals surface area contributed by atoms with E-state index in [1.807, 2.05) is 0 Å². The van der Waals surface area contributed by atoms with Gasteiger partial charge in [-0.2, -0.15) is 0 Å². The molecule has 0 spiro atoms. The maximum Gasteiger partial charge on any atom is 0.265 e. The minimum Gasteiger partial charge on any atom is -0.398 e. The van der Waals surface area contributed by atoms with E-state index in [2.05, 4.69) is 68.4 Å². The van der Waals surface area contributed by atoms with Crippen molar-refractivity contribution in [3.8, 4) is 0 Å². The summed E-state index contributed by atoms with van der Waals surface area (Å²) in [6.07, 6.45) is 0. The summed E-state index contributed by atoms with van der Waals surface area (Å²) in [5, 5.41) is 0. The molecule has 2 rings (SSSR count). The molecule has 112 valence electrons. The van der Waals surface area contributed by atoms with E-state index in [0.29, 0.717) is 19.1 Å². The summed E-state index contributed by atoms with van der Waals surface area (Å²) in [6.45, 7) is 0. The molecule has 0 atom stereocenters. The number of benzene rings is 2. The molecular formula is C12H8Br4N2O2S. The molecule has 0 aliphatic rings. The number of sulfonamides is 1. The number of halogens is 4. The fraction of sp³-hybridized carbons (Fsp3) is 0. The summed E-state index contributed by atoms with van der Waals surface area (Å²) in [7, 11) is -3.81. The second-order valence-corrected chi connectivity index (χ2v) is 9.19. The number of hydrogen-bond donors (Lipinski definition) is 2. The fourth-order valence-electron chi connectivity index (χ4n) is 1.63. The van der Waals surface area contributed by atoms with Gasteiger partial charge in [-0.25, -0.2) is 8.42 Å². The average molecular weight is 564 g/mol. The molecule has 2 aromatic carbocycles. The first kappa shape index (κ1) is 17.3. The Labute approximate surface area is 156 Å². The van der Waals surface area contributed by atoms with Crippen LogP contribution in [0.3, 0.4) is 0 Å². The number of rotatable bonds is 3. The number of nitrogens with one attached hydrogen (secondary N) is 1. The highest BCUT2D eigenvalue weighted by Gasteiger charge is 2.22.